The monoisotopic (exact) mass is 202 g/mol. The van der Waals surface area contributed by atoms with Crippen LogP contribution in [-0.2, 0) is 9.53 Å². The normalized spacial score (nSPS) is 13.8. The van der Waals surface area contributed by atoms with Gasteiger partial charge in [0, 0.05) is 6.92 Å². The number of carbonyl (C=O) groups is 1. The van der Waals surface area contributed by atoms with Crippen molar-refractivity contribution in [2.24, 2.45) is 5.41 Å². The molecule has 0 aliphatic rings. The lowest BCUT2D eigenvalue weighted by atomic mass is 9.86. The summed E-state index contributed by atoms with van der Waals surface area (Å²) in [5, 5.41) is 9.69. The minimum Gasteiger partial charge on any atom is -0.466 e. The summed E-state index contributed by atoms with van der Waals surface area (Å²) in [6.07, 6.45) is 2.21. The molecule has 0 aliphatic heterocycles. The Hall–Kier alpha value is -0.570. The molecule has 0 rings (SSSR count). The molecular weight excluding hydrogens is 180 g/mol. The standard InChI is InChI=1S/C11H22O3/c1-9(12)14-8-6-5-7-10(13)11(2,3)4/h10,13H,5-8H2,1-4H3. The fourth-order valence-electron chi connectivity index (χ4n) is 1.09. The van der Waals surface area contributed by atoms with Crippen LogP contribution in [0.2, 0.25) is 0 Å². The molecule has 0 heterocycles. The van der Waals surface area contributed by atoms with Crippen LogP contribution in [-0.4, -0.2) is 23.8 Å². The van der Waals surface area contributed by atoms with Gasteiger partial charge in [-0.1, -0.05) is 20.8 Å². The van der Waals surface area contributed by atoms with E-state index in [4.69, 9.17) is 4.74 Å². The Morgan fingerprint density at radius 1 is 1.36 bits per heavy atom. The van der Waals surface area contributed by atoms with Gasteiger partial charge in [0.05, 0.1) is 12.7 Å². The van der Waals surface area contributed by atoms with E-state index in [-0.39, 0.29) is 17.5 Å². The van der Waals surface area contributed by atoms with E-state index in [0.29, 0.717) is 6.61 Å². The first-order chi connectivity index (χ1) is 6.34. The Balaban J connectivity index is 3.41. The predicted octanol–water partition coefficient (Wildman–Crippen LogP) is 2.13. The summed E-state index contributed by atoms with van der Waals surface area (Å²) in [4.78, 5) is 10.4. The van der Waals surface area contributed by atoms with Gasteiger partial charge in [0.15, 0.2) is 0 Å². The van der Waals surface area contributed by atoms with Gasteiger partial charge in [-0.05, 0) is 24.7 Å². The van der Waals surface area contributed by atoms with Gasteiger partial charge in [-0.3, -0.25) is 4.79 Å². The molecule has 14 heavy (non-hydrogen) atoms. The van der Waals surface area contributed by atoms with Crippen molar-refractivity contribution < 1.29 is 14.6 Å². The molecule has 1 atom stereocenters. The molecule has 0 spiro atoms. The lowest BCUT2D eigenvalue weighted by Gasteiger charge is -2.25. The molecule has 3 nitrogen and oxygen atoms in total. The Morgan fingerprint density at radius 3 is 2.36 bits per heavy atom. The van der Waals surface area contributed by atoms with Crippen molar-refractivity contribution in [3.63, 3.8) is 0 Å². The maximum absolute atomic E-state index is 10.4. The number of esters is 1. The molecular formula is C11H22O3. The highest BCUT2D eigenvalue weighted by Gasteiger charge is 2.20. The number of hydrogen-bond donors (Lipinski definition) is 1. The van der Waals surface area contributed by atoms with Crippen LogP contribution in [0.5, 0.6) is 0 Å². The average molecular weight is 202 g/mol. The number of unbranched alkanes of at least 4 members (excludes halogenated alkanes) is 1. The number of aliphatic hydroxyl groups is 1. The minimum absolute atomic E-state index is 0.0541. The Labute approximate surface area is 86.5 Å². The number of aliphatic hydroxyl groups excluding tert-OH is 1. The zero-order valence-electron chi connectivity index (χ0n) is 9.67. The van der Waals surface area contributed by atoms with Crippen LogP contribution in [0.15, 0.2) is 0 Å². The molecule has 0 amide bonds. The lowest BCUT2D eigenvalue weighted by molar-refractivity contribution is -0.141. The van der Waals surface area contributed by atoms with Crippen molar-refractivity contribution in [1.82, 2.24) is 0 Å². The molecule has 0 saturated heterocycles. The van der Waals surface area contributed by atoms with Gasteiger partial charge in [0.25, 0.3) is 0 Å². The number of rotatable bonds is 5. The summed E-state index contributed by atoms with van der Waals surface area (Å²) in [6, 6.07) is 0. The molecule has 3 heteroatoms. The molecule has 0 saturated carbocycles. The second-order valence-electron chi connectivity index (χ2n) is 4.72. The lowest BCUT2D eigenvalue weighted by Crippen LogP contribution is -2.25. The van der Waals surface area contributed by atoms with E-state index < -0.39 is 0 Å². The van der Waals surface area contributed by atoms with Crippen LogP contribution in [0.1, 0.15) is 47.0 Å². The van der Waals surface area contributed by atoms with Gasteiger partial charge >= 0.3 is 5.97 Å². The maximum atomic E-state index is 10.4. The van der Waals surface area contributed by atoms with Crippen LogP contribution in [0.3, 0.4) is 0 Å². The van der Waals surface area contributed by atoms with E-state index in [0.717, 1.165) is 19.3 Å². The molecule has 0 aliphatic carbocycles. The third kappa shape index (κ3) is 6.89. The summed E-state index contributed by atoms with van der Waals surface area (Å²) in [7, 11) is 0. The van der Waals surface area contributed by atoms with Crippen LogP contribution in [0.25, 0.3) is 0 Å². The highest BCUT2D eigenvalue weighted by Crippen LogP contribution is 2.22. The number of hydrogen-bond acceptors (Lipinski definition) is 3. The van der Waals surface area contributed by atoms with Crippen molar-refractivity contribution in [2.45, 2.75) is 53.1 Å². The highest BCUT2D eigenvalue weighted by atomic mass is 16.5. The molecule has 1 unspecified atom stereocenters. The Bertz CT molecular complexity index is 170. The van der Waals surface area contributed by atoms with E-state index in [1.165, 1.54) is 6.92 Å². The summed E-state index contributed by atoms with van der Waals surface area (Å²) in [6.45, 7) is 7.92. The van der Waals surface area contributed by atoms with Crippen molar-refractivity contribution in [3.8, 4) is 0 Å². The SMILES string of the molecule is CC(=O)OCCCCC(O)C(C)(C)C. The summed E-state index contributed by atoms with van der Waals surface area (Å²) >= 11 is 0. The van der Waals surface area contributed by atoms with Gasteiger partial charge in [-0.15, -0.1) is 0 Å². The van der Waals surface area contributed by atoms with Crippen LogP contribution in [0, 0.1) is 5.41 Å². The molecule has 84 valence electrons. The first kappa shape index (κ1) is 13.4. The van der Waals surface area contributed by atoms with Crippen molar-refractivity contribution in [3.05, 3.63) is 0 Å². The molecule has 1 N–H and O–H groups in total. The van der Waals surface area contributed by atoms with Gasteiger partial charge in [0.2, 0.25) is 0 Å². The molecule has 0 aromatic carbocycles. The molecule has 0 fully saturated rings. The topological polar surface area (TPSA) is 46.5 Å². The first-order valence-electron chi connectivity index (χ1n) is 5.15. The summed E-state index contributed by atoms with van der Waals surface area (Å²) in [5.41, 5.74) is -0.0541. The smallest absolute Gasteiger partial charge is 0.302 e. The quantitative estimate of drug-likeness (QED) is 0.548. The van der Waals surface area contributed by atoms with Gasteiger partial charge < -0.3 is 9.84 Å². The van der Waals surface area contributed by atoms with Crippen molar-refractivity contribution in [2.75, 3.05) is 6.61 Å². The summed E-state index contributed by atoms with van der Waals surface area (Å²) < 4.78 is 4.79. The molecule has 0 aromatic heterocycles. The van der Waals surface area contributed by atoms with Crippen molar-refractivity contribution in [1.29, 1.82) is 0 Å². The molecule has 0 radical (unpaired) electrons. The maximum Gasteiger partial charge on any atom is 0.302 e. The molecule has 0 bridgehead atoms. The van der Waals surface area contributed by atoms with Gasteiger partial charge in [-0.25, -0.2) is 0 Å². The fourth-order valence-corrected chi connectivity index (χ4v) is 1.09. The number of ether oxygens (including phenoxy) is 1. The van der Waals surface area contributed by atoms with Crippen molar-refractivity contribution >= 4 is 5.97 Å². The fraction of sp³-hybridized carbons (Fsp3) is 0.909. The van der Waals surface area contributed by atoms with Gasteiger partial charge in [0.1, 0.15) is 0 Å². The Kier molecular flexibility index (Phi) is 5.77. The van der Waals surface area contributed by atoms with Crippen LogP contribution >= 0.6 is 0 Å². The van der Waals surface area contributed by atoms with Crippen LogP contribution < -0.4 is 0 Å². The average Bonchev–Trinajstić information content (AvgIpc) is 2.01. The minimum atomic E-state index is -0.278. The molecule has 0 aromatic rings. The third-order valence-electron chi connectivity index (χ3n) is 2.18. The Morgan fingerprint density at radius 2 is 1.93 bits per heavy atom. The van der Waals surface area contributed by atoms with Gasteiger partial charge in [-0.2, -0.15) is 0 Å². The third-order valence-corrected chi connectivity index (χ3v) is 2.18. The second kappa shape index (κ2) is 6.02. The van der Waals surface area contributed by atoms with E-state index in [1.54, 1.807) is 0 Å². The zero-order chi connectivity index (χ0) is 11.2. The summed E-state index contributed by atoms with van der Waals surface area (Å²) in [5.74, 6) is -0.235. The van der Waals surface area contributed by atoms with Crippen LogP contribution in [0.4, 0.5) is 0 Å². The number of carbonyl (C=O) groups excluding carboxylic acids is 1. The van der Waals surface area contributed by atoms with E-state index >= 15 is 0 Å². The van der Waals surface area contributed by atoms with E-state index in [2.05, 4.69) is 0 Å². The van der Waals surface area contributed by atoms with E-state index in [9.17, 15) is 9.90 Å². The highest BCUT2D eigenvalue weighted by molar-refractivity contribution is 5.65. The largest absolute Gasteiger partial charge is 0.466 e. The predicted molar refractivity (Wildman–Crippen MR) is 55.9 cm³/mol. The zero-order valence-corrected chi connectivity index (χ0v) is 9.67. The van der Waals surface area contributed by atoms with E-state index in [1.807, 2.05) is 20.8 Å². The second-order valence-corrected chi connectivity index (χ2v) is 4.72. The first-order valence-corrected chi connectivity index (χ1v) is 5.15.